The van der Waals surface area contributed by atoms with Crippen LogP contribution in [0.4, 0.5) is 4.79 Å². The van der Waals surface area contributed by atoms with Gasteiger partial charge in [-0.25, -0.2) is 10.3 Å². The third-order valence-corrected chi connectivity index (χ3v) is 6.92. The van der Waals surface area contributed by atoms with Gasteiger partial charge in [-0.2, -0.15) is 0 Å². The van der Waals surface area contributed by atoms with Gasteiger partial charge in [0, 0.05) is 32.2 Å². The molecule has 0 radical (unpaired) electrons. The summed E-state index contributed by atoms with van der Waals surface area (Å²) in [6.45, 7) is 7.49. The summed E-state index contributed by atoms with van der Waals surface area (Å²) in [6, 6.07) is 1.67. The van der Waals surface area contributed by atoms with E-state index in [-0.39, 0.29) is 6.09 Å². The van der Waals surface area contributed by atoms with Gasteiger partial charge in [-0.05, 0) is 71.5 Å². The average molecular weight is 408 g/mol. The number of carbonyl (C=O) groups excluding carboxylic acids is 1. The molecule has 29 heavy (non-hydrogen) atoms. The molecule has 3 saturated heterocycles. The Morgan fingerprint density at radius 2 is 1.79 bits per heavy atom. The molecule has 0 aliphatic carbocycles. The predicted molar refractivity (Wildman–Crippen MR) is 112 cm³/mol. The van der Waals surface area contributed by atoms with Crippen LogP contribution in [0.25, 0.3) is 0 Å². The molecule has 2 N–H and O–H groups in total. The van der Waals surface area contributed by atoms with Crippen molar-refractivity contribution in [2.75, 3.05) is 46.4 Å². The van der Waals surface area contributed by atoms with E-state index in [1.165, 1.54) is 38.6 Å². The number of likely N-dealkylation sites (tertiary alicyclic amines) is 3. The molecule has 1 amide bonds. The zero-order valence-corrected chi connectivity index (χ0v) is 18.0. The minimum absolute atomic E-state index is 0.143. The monoisotopic (exact) mass is 407 g/mol. The van der Waals surface area contributed by atoms with Gasteiger partial charge in [-0.1, -0.05) is 0 Å². The Kier molecular flexibility index (Phi) is 6.77. The number of hydrogen-bond acceptors (Lipinski definition) is 8. The molecular weight excluding hydrogens is 370 g/mol. The van der Waals surface area contributed by atoms with Crippen LogP contribution in [0, 0.1) is 0 Å². The fourth-order valence-corrected chi connectivity index (χ4v) is 5.44. The average Bonchev–Trinajstić information content (AvgIpc) is 3.31. The number of hydrazine groups is 2. The molecule has 9 heteroatoms. The zero-order chi connectivity index (χ0) is 20.2. The summed E-state index contributed by atoms with van der Waals surface area (Å²) in [5, 5.41) is 6.28. The summed E-state index contributed by atoms with van der Waals surface area (Å²) in [4.78, 5) is 19.3. The highest BCUT2D eigenvalue weighted by molar-refractivity contribution is 5.87. The number of amidine groups is 1. The molecule has 164 valence electrons. The van der Waals surface area contributed by atoms with Gasteiger partial charge in [0.25, 0.3) is 0 Å². The number of carbonyl (C=O) groups is 1. The van der Waals surface area contributed by atoms with Crippen molar-refractivity contribution < 1.29 is 9.53 Å². The van der Waals surface area contributed by atoms with E-state index in [2.05, 4.69) is 25.9 Å². The molecule has 0 saturated carbocycles. The molecule has 2 unspecified atom stereocenters. The van der Waals surface area contributed by atoms with Crippen LogP contribution in [0.5, 0.6) is 0 Å². The second-order valence-corrected chi connectivity index (χ2v) is 8.70. The summed E-state index contributed by atoms with van der Waals surface area (Å²) in [6.07, 6.45) is 8.07. The molecule has 9 nitrogen and oxygen atoms in total. The standard InChI is InChI=1S/C20H37N7O2/c1-3-29-20(28)26-11-4-6-16(8-15-26)25-13-9-17(10-14-25)27-12-5-7-18(27)19-21-23-24(2)22-19/h16-18,23H,3-15H2,1-2H3,(H,21,22). The van der Waals surface area contributed by atoms with Crippen molar-refractivity contribution in [2.45, 2.75) is 70.0 Å². The van der Waals surface area contributed by atoms with Crippen molar-refractivity contribution in [3.63, 3.8) is 0 Å². The third kappa shape index (κ3) is 4.78. The molecule has 0 bridgehead atoms. The Morgan fingerprint density at radius 3 is 2.52 bits per heavy atom. The van der Waals surface area contributed by atoms with Gasteiger partial charge >= 0.3 is 6.09 Å². The Balaban J connectivity index is 1.27. The van der Waals surface area contributed by atoms with Gasteiger partial charge in [0.15, 0.2) is 5.84 Å². The van der Waals surface area contributed by atoms with E-state index in [0.717, 1.165) is 44.9 Å². The van der Waals surface area contributed by atoms with E-state index in [1.807, 2.05) is 24.0 Å². The van der Waals surface area contributed by atoms with Crippen molar-refractivity contribution in [1.82, 2.24) is 30.8 Å². The molecule has 4 rings (SSSR count). The van der Waals surface area contributed by atoms with E-state index >= 15 is 0 Å². The van der Waals surface area contributed by atoms with E-state index in [9.17, 15) is 4.79 Å². The van der Waals surface area contributed by atoms with Crippen LogP contribution in [-0.2, 0) is 4.74 Å². The smallest absolute Gasteiger partial charge is 0.409 e. The fraction of sp³-hybridized carbons (Fsp3) is 0.900. The lowest BCUT2D eigenvalue weighted by atomic mass is 9.98. The van der Waals surface area contributed by atoms with Crippen LogP contribution in [0.3, 0.4) is 0 Å². The first-order chi connectivity index (χ1) is 14.2. The molecule has 2 atom stereocenters. The number of nitrogens with zero attached hydrogens (tertiary/aromatic N) is 5. The molecule has 0 aromatic rings. The highest BCUT2D eigenvalue weighted by Gasteiger charge is 2.38. The first-order valence-corrected chi connectivity index (χ1v) is 11.4. The maximum Gasteiger partial charge on any atom is 0.409 e. The molecule has 0 aromatic heterocycles. The maximum atomic E-state index is 12.0. The molecular formula is C20H37N7O2. The second-order valence-electron chi connectivity index (χ2n) is 8.70. The van der Waals surface area contributed by atoms with Crippen LogP contribution in [0.1, 0.15) is 51.9 Å². The van der Waals surface area contributed by atoms with Crippen molar-refractivity contribution in [1.29, 1.82) is 0 Å². The second kappa shape index (κ2) is 9.49. The molecule has 0 aromatic carbocycles. The molecule has 3 fully saturated rings. The lowest BCUT2D eigenvalue weighted by Gasteiger charge is -2.42. The van der Waals surface area contributed by atoms with Crippen molar-refractivity contribution in [3.8, 4) is 0 Å². The predicted octanol–water partition coefficient (Wildman–Crippen LogP) is 1.19. The minimum atomic E-state index is -0.143. The number of amides is 1. The topological polar surface area (TPSA) is 75.7 Å². The van der Waals surface area contributed by atoms with Crippen LogP contribution < -0.4 is 11.0 Å². The number of hydrogen-bond donors (Lipinski definition) is 2. The Labute approximate surface area is 174 Å². The van der Waals surface area contributed by atoms with Crippen molar-refractivity contribution in [3.05, 3.63) is 0 Å². The van der Waals surface area contributed by atoms with Gasteiger partial charge in [-0.15, -0.1) is 10.2 Å². The highest BCUT2D eigenvalue weighted by atomic mass is 16.6. The lowest BCUT2D eigenvalue weighted by Crippen LogP contribution is -2.53. The first kappa shape index (κ1) is 20.7. The van der Waals surface area contributed by atoms with Gasteiger partial charge < -0.3 is 14.5 Å². The van der Waals surface area contributed by atoms with Crippen LogP contribution in [0.15, 0.2) is 5.10 Å². The number of ether oxygens (including phenoxy) is 1. The summed E-state index contributed by atoms with van der Waals surface area (Å²) in [7, 11) is 1.95. The molecule has 0 spiro atoms. The first-order valence-electron chi connectivity index (χ1n) is 11.4. The van der Waals surface area contributed by atoms with E-state index in [1.54, 1.807) is 0 Å². The Morgan fingerprint density at radius 1 is 1.03 bits per heavy atom. The zero-order valence-electron chi connectivity index (χ0n) is 18.0. The van der Waals surface area contributed by atoms with E-state index in [4.69, 9.17) is 4.74 Å². The molecule has 4 heterocycles. The highest BCUT2D eigenvalue weighted by Crippen LogP contribution is 2.29. The van der Waals surface area contributed by atoms with Gasteiger partial charge in [0.05, 0.1) is 12.6 Å². The number of piperidine rings is 1. The number of nitrogens with one attached hydrogen (secondary N) is 2. The Hall–Kier alpha value is -1.58. The molecule has 4 aliphatic rings. The summed E-state index contributed by atoms with van der Waals surface area (Å²) in [5.41, 5.74) is 6.32. The summed E-state index contributed by atoms with van der Waals surface area (Å²) < 4.78 is 5.19. The fourth-order valence-electron chi connectivity index (χ4n) is 5.44. The van der Waals surface area contributed by atoms with Crippen LogP contribution >= 0.6 is 0 Å². The van der Waals surface area contributed by atoms with Gasteiger partial charge in [-0.3, -0.25) is 10.3 Å². The quantitative estimate of drug-likeness (QED) is 0.725. The maximum absolute atomic E-state index is 12.0. The summed E-state index contributed by atoms with van der Waals surface area (Å²) >= 11 is 0. The van der Waals surface area contributed by atoms with Crippen molar-refractivity contribution in [2.24, 2.45) is 5.10 Å². The SMILES string of the molecule is CCOC(=O)N1CCCC(N2CCC(N3CCCC3C3=NNN(C)N3)CC2)CC1. The van der Waals surface area contributed by atoms with E-state index < -0.39 is 0 Å². The molecule has 4 aliphatic heterocycles. The minimum Gasteiger partial charge on any atom is -0.450 e. The third-order valence-electron chi connectivity index (χ3n) is 6.92. The largest absolute Gasteiger partial charge is 0.450 e. The van der Waals surface area contributed by atoms with Gasteiger partial charge in [0.2, 0.25) is 0 Å². The van der Waals surface area contributed by atoms with Crippen LogP contribution in [-0.4, -0.2) is 96.3 Å². The van der Waals surface area contributed by atoms with Gasteiger partial charge in [0.1, 0.15) is 0 Å². The number of hydrazone groups is 1. The van der Waals surface area contributed by atoms with E-state index in [0.29, 0.717) is 24.7 Å². The van der Waals surface area contributed by atoms with Crippen LogP contribution in [0.2, 0.25) is 0 Å². The Bertz CT molecular complexity index is 593. The summed E-state index contributed by atoms with van der Waals surface area (Å²) in [5.74, 6) is 1.07. The lowest BCUT2D eigenvalue weighted by molar-refractivity contribution is 0.0800. The number of rotatable bonds is 4. The van der Waals surface area contributed by atoms with Crippen molar-refractivity contribution >= 4 is 11.9 Å². The normalized spacial score (nSPS) is 30.6.